The molecule has 1 saturated carbocycles. The molecule has 0 N–H and O–H groups in total. The van der Waals surface area contributed by atoms with E-state index in [0.29, 0.717) is 0 Å². The zero-order valence-corrected chi connectivity index (χ0v) is 25.7. The summed E-state index contributed by atoms with van der Waals surface area (Å²) in [4.78, 5) is 4.67. The van der Waals surface area contributed by atoms with Gasteiger partial charge in [0.1, 0.15) is 0 Å². The Morgan fingerprint density at radius 1 is 0.750 bits per heavy atom. The van der Waals surface area contributed by atoms with E-state index in [1.807, 2.05) is 34.9 Å². The molecule has 6 heteroatoms. The van der Waals surface area contributed by atoms with Crippen LogP contribution >= 0.6 is 28.6 Å². The van der Waals surface area contributed by atoms with E-state index in [1.54, 1.807) is 0 Å². The van der Waals surface area contributed by atoms with Gasteiger partial charge in [-0.05, 0) is 55.6 Å². The number of anilines is 2. The van der Waals surface area contributed by atoms with Crippen LogP contribution in [0.4, 0.5) is 11.4 Å². The number of aryl methyl sites for hydroxylation is 2. The van der Waals surface area contributed by atoms with Crippen LogP contribution in [0.1, 0.15) is 48.8 Å². The summed E-state index contributed by atoms with van der Waals surface area (Å²) in [6.07, 6.45) is 7.31. The Balaban J connectivity index is 0.000000177. The second kappa shape index (κ2) is 15.9. The molecule has 3 aromatic carbocycles. The summed E-state index contributed by atoms with van der Waals surface area (Å²) >= 11 is -1.61. The van der Waals surface area contributed by atoms with E-state index in [9.17, 15) is 0 Å². The molecule has 0 amide bonds. The van der Waals surface area contributed by atoms with Gasteiger partial charge in [-0.1, -0.05) is 55.7 Å². The molecule has 1 atom stereocenters. The quantitative estimate of drug-likeness (QED) is 0.163. The van der Waals surface area contributed by atoms with Crippen molar-refractivity contribution in [2.45, 2.75) is 51.6 Å². The van der Waals surface area contributed by atoms with Crippen molar-refractivity contribution >= 4 is 44.6 Å². The van der Waals surface area contributed by atoms with E-state index in [0.717, 1.165) is 24.3 Å². The van der Waals surface area contributed by atoms with Crippen molar-refractivity contribution in [2.75, 3.05) is 22.9 Å². The molecular formula is C30H38Cl2N2PRu-. The van der Waals surface area contributed by atoms with Crippen LogP contribution < -0.4 is 9.80 Å². The van der Waals surface area contributed by atoms with Gasteiger partial charge in [-0.3, -0.25) is 0 Å². The van der Waals surface area contributed by atoms with Gasteiger partial charge < -0.3 is 9.80 Å². The molecule has 5 rings (SSSR count). The fraction of sp³-hybridized carbons (Fsp3) is 0.333. The molecule has 0 bridgehead atoms. The summed E-state index contributed by atoms with van der Waals surface area (Å²) in [5.74, 6) is 0. The average Bonchev–Trinajstić information content (AvgIpc) is 3.36. The average molecular weight is 630 g/mol. The minimum atomic E-state index is -1.61. The molecular weight excluding hydrogens is 591 g/mol. The molecule has 2 aliphatic rings. The van der Waals surface area contributed by atoms with E-state index in [-0.39, 0.29) is 0 Å². The van der Waals surface area contributed by atoms with Crippen LogP contribution in [0.5, 0.6) is 0 Å². The van der Waals surface area contributed by atoms with Crippen LogP contribution in [0.2, 0.25) is 0 Å². The van der Waals surface area contributed by atoms with Gasteiger partial charge in [-0.2, -0.15) is 6.67 Å². The zero-order chi connectivity index (χ0) is 25.8. The van der Waals surface area contributed by atoms with Gasteiger partial charge >= 0.3 is 73.4 Å². The summed E-state index contributed by atoms with van der Waals surface area (Å²) < 4.78 is 1.92. The molecule has 0 aromatic heterocycles. The maximum atomic E-state index is 5.67. The number of hydrogen-bond donors (Lipinski definition) is 0. The van der Waals surface area contributed by atoms with Crippen LogP contribution in [0.25, 0.3) is 0 Å². The summed E-state index contributed by atoms with van der Waals surface area (Å²) in [7, 11) is 14.2. The first-order valence-corrected chi connectivity index (χ1v) is 18.7. The van der Waals surface area contributed by atoms with Gasteiger partial charge in [-0.15, -0.1) is 9.24 Å². The summed E-state index contributed by atoms with van der Waals surface area (Å²) in [5, 5.41) is 0. The third-order valence-electron chi connectivity index (χ3n) is 6.35. The standard InChI is InChI=1S/C17H19N2.C7H6.C6H13P.2ClH.Ru/c1-14-7-3-5-9-16(14)18-11-12-19(13-18)17-10-6-4-8-15(17)2;1-7-5-3-2-4-6-7;7-6-4-2-1-3-5-6;;;/h3-10,13H,11-12H2,1-2H3;1-6H;6H,1-5,7H2;2*1H;/q-1;;;;;+2/p-2. The summed E-state index contributed by atoms with van der Waals surface area (Å²) in [6.45, 7) is 8.64. The normalized spacial score (nSPS) is 15.9. The Morgan fingerprint density at radius 3 is 1.64 bits per heavy atom. The van der Waals surface area contributed by atoms with Crippen molar-refractivity contribution in [3.63, 3.8) is 0 Å². The molecule has 1 unspecified atom stereocenters. The second-order valence-corrected chi connectivity index (χ2v) is 15.9. The fourth-order valence-electron chi connectivity index (χ4n) is 4.38. The van der Waals surface area contributed by atoms with Crippen LogP contribution in [0.15, 0.2) is 78.9 Å². The van der Waals surface area contributed by atoms with Gasteiger partial charge in [-0.25, -0.2) is 0 Å². The predicted molar refractivity (Wildman–Crippen MR) is 161 cm³/mol. The topological polar surface area (TPSA) is 6.48 Å². The molecule has 1 heterocycles. The minimum absolute atomic E-state index is 0.953. The molecule has 0 spiro atoms. The Morgan fingerprint density at radius 2 is 1.22 bits per heavy atom. The first kappa shape index (κ1) is 29.3. The van der Waals surface area contributed by atoms with E-state index >= 15 is 0 Å². The van der Waals surface area contributed by atoms with Gasteiger partial charge in [0.05, 0.1) is 0 Å². The van der Waals surface area contributed by atoms with Crippen molar-refractivity contribution in [2.24, 2.45) is 0 Å². The number of hydrogen-bond acceptors (Lipinski definition) is 2. The Labute approximate surface area is 233 Å². The van der Waals surface area contributed by atoms with E-state index < -0.39 is 13.5 Å². The molecule has 36 heavy (non-hydrogen) atoms. The number of nitrogens with zero attached hydrogens (tertiary/aromatic N) is 2. The van der Waals surface area contributed by atoms with Gasteiger partial charge in [0.25, 0.3) is 0 Å². The molecule has 2 nitrogen and oxygen atoms in total. The molecule has 1 aliphatic carbocycles. The first-order chi connectivity index (χ1) is 17.4. The monoisotopic (exact) mass is 629 g/mol. The van der Waals surface area contributed by atoms with E-state index in [2.05, 4.69) is 88.1 Å². The summed E-state index contributed by atoms with van der Waals surface area (Å²) in [5.41, 5.74) is 7.33. The van der Waals surface area contributed by atoms with Gasteiger partial charge in [0, 0.05) is 24.5 Å². The number of rotatable bonds is 3. The van der Waals surface area contributed by atoms with E-state index in [4.69, 9.17) is 19.4 Å². The summed E-state index contributed by atoms with van der Waals surface area (Å²) in [6, 6.07) is 27.0. The third kappa shape index (κ3) is 9.91. The van der Waals surface area contributed by atoms with Crippen molar-refractivity contribution in [3.8, 4) is 0 Å². The Kier molecular flexibility index (Phi) is 12.9. The van der Waals surface area contributed by atoms with Gasteiger partial charge in [0.2, 0.25) is 0 Å². The van der Waals surface area contributed by atoms with Gasteiger partial charge in [0.15, 0.2) is 0 Å². The Bertz CT molecular complexity index is 1030. The molecule has 1 aliphatic heterocycles. The van der Waals surface area contributed by atoms with E-state index in [1.165, 1.54) is 54.6 Å². The van der Waals surface area contributed by atoms with Crippen LogP contribution in [-0.4, -0.2) is 23.4 Å². The van der Waals surface area contributed by atoms with Crippen LogP contribution in [0, 0.1) is 20.5 Å². The molecule has 2 fully saturated rings. The fourth-order valence-corrected chi connectivity index (χ4v) is 6.68. The molecule has 3 aromatic rings. The van der Waals surface area contributed by atoms with Crippen LogP contribution in [0.3, 0.4) is 0 Å². The first-order valence-electron chi connectivity index (χ1n) is 12.6. The number of para-hydroxylation sites is 2. The second-order valence-electron chi connectivity index (χ2n) is 9.19. The SMILES string of the molecule is Cc1ccccc1N1[CH-]N(c2ccccc2C)CC1.PC1CCCCC1.[Cl][Ru]([Cl])=[CH]c1ccccc1. The van der Waals surface area contributed by atoms with Crippen molar-refractivity contribution < 1.29 is 13.5 Å². The van der Waals surface area contributed by atoms with Crippen LogP contribution in [-0.2, 0) is 13.5 Å². The number of halogens is 2. The van der Waals surface area contributed by atoms with Crippen molar-refractivity contribution in [1.82, 2.24) is 0 Å². The van der Waals surface area contributed by atoms with Crippen molar-refractivity contribution in [3.05, 3.63) is 102 Å². The predicted octanol–water partition coefficient (Wildman–Crippen LogP) is 8.71. The zero-order valence-electron chi connectivity index (χ0n) is 21.3. The van der Waals surface area contributed by atoms with Crippen molar-refractivity contribution in [1.29, 1.82) is 0 Å². The Hall–Kier alpha value is -1.24. The number of benzene rings is 3. The maximum absolute atomic E-state index is 5.67. The molecule has 196 valence electrons. The third-order valence-corrected chi connectivity index (χ3v) is 8.89. The molecule has 0 radical (unpaired) electrons. The molecule has 1 saturated heterocycles.